The summed E-state index contributed by atoms with van der Waals surface area (Å²) in [7, 11) is 0. The number of hydrogen-bond donors (Lipinski definition) is 4. The van der Waals surface area contributed by atoms with Crippen LogP contribution in [0, 0.1) is 0 Å². The van der Waals surface area contributed by atoms with E-state index in [4.69, 9.17) is 15.6 Å². The highest BCUT2D eigenvalue weighted by Gasteiger charge is 2.48. The fourth-order valence-corrected chi connectivity index (χ4v) is 1.66. The van der Waals surface area contributed by atoms with Gasteiger partial charge in [-0.25, -0.2) is 4.79 Å². The number of rotatable bonds is 2. The van der Waals surface area contributed by atoms with E-state index < -0.39 is 30.2 Å². The molecular formula is C9H13N3O5. The zero-order chi connectivity index (χ0) is 12.6. The second-order valence-corrected chi connectivity index (χ2v) is 3.95. The van der Waals surface area contributed by atoms with Gasteiger partial charge in [0.15, 0.2) is 6.23 Å². The Morgan fingerprint density at radius 1 is 1.71 bits per heavy atom. The van der Waals surface area contributed by atoms with Crippen molar-refractivity contribution >= 4 is 5.82 Å². The number of aliphatic hydroxyl groups is 3. The first-order valence-corrected chi connectivity index (χ1v) is 4.95. The molecule has 1 fully saturated rings. The summed E-state index contributed by atoms with van der Waals surface area (Å²) in [4.78, 5) is 15.0. The van der Waals surface area contributed by atoms with Crippen LogP contribution in [0.25, 0.3) is 0 Å². The van der Waals surface area contributed by atoms with E-state index in [2.05, 4.69) is 4.98 Å². The van der Waals surface area contributed by atoms with Gasteiger partial charge in [0.1, 0.15) is 17.5 Å². The van der Waals surface area contributed by atoms with Crippen LogP contribution in [0.4, 0.5) is 5.82 Å². The number of aliphatic hydroxyl groups excluding tert-OH is 2. The molecule has 17 heavy (non-hydrogen) atoms. The van der Waals surface area contributed by atoms with Crippen LogP contribution < -0.4 is 11.4 Å². The summed E-state index contributed by atoms with van der Waals surface area (Å²) < 4.78 is 6.11. The van der Waals surface area contributed by atoms with Gasteiger partial charge in [0.05, 0.1) is 13.2 Å². The van der Waals surface area contributed by atoms with Crippen molar-refractivity contribution in [3.8, 4) is 0 Å². The van der Waals surface area contributed by atoms with Crippen LogP contribution in [0.2, 0.25) is 0 Å². The van der Waals surface area contributed by atoms with Crippen molar-refractivity contribution in [2.24, 2.45) is 0 Å². The van der Waals surface area contributed by atoms with Crippen molar-refractivity contribution in [3.05, 3.63) is 22.7 Å². The molecule has 1 aliphatic heterocycles. The number of nitrogens with two attached hydrogens (primary N) is 1. The van der Waals surface area contributed by atoms with Crippen LogP contribution in [0.1, 0.15) is 6.23 Å². The summed E-state index contributed by atoms with van der Waals surface area (Å²) in [6.07, 6.45) is -1.20. The Balaban J connectivity index is 2.34. The lowest BCUT2D eigenvalue weighted by molar-refractivity contribution is -0.0882. The molecule has 0 spiro atoms. The zero-order valence-electron chi connectivity index (χ0n) is 8.85. The van der Waals surface area contributed by atoms with Crippen LogP contribution in [-0.4, -0.2) is 49.8 Å². The van der Waals surface area contributed by atoms with Crippen LogP contribution in [0.15, 0.2) is 17.1 Å². The van der Waals surface area contributed by atoms with E-state index in [1.54, 1.807) is 0 Å². The molecule has 2 heterocycles. The minimum Gasteiger partial charge on any atom is -0.393 e. The Kier molecular flexibility index (Phi) is 2.87. The summed E-state index contributed by atoms with van der Waals surface area (Å²) in [5.41, 5.74) is 2.85. The number of anilines is 1. The lowest BCUT2D eigenvalue weighted by Gasteiger charge is -2.24. The largest absolute Gasteiger partial charge is 0.393 e. The molecule has 3 atom stereocenters. The predicted molar refractivity (Wildman–Crippen MR) is 55.9 cm³/mol. The first kappa shape index (κ1) is 12.0. The highest BCUT2D eigenvalue weighted by atomic mass is 16.6. The van der Waals surface area contributed by atoms with Gasteiger partial charge in [-0.15, -0.1) is 0 Å². The van der Waals surface area contributed by atoms with E-state index >= 15 is 0 Å². The van der Waals surface area contributed by atoms with E-state index in [1.165, 1.54) is 12.3 Å². The fraction of sp³-hybridized carbons (Fsp3) is 0.556. The highest BCUT2D eigenvalue weighted by molar-refractivity contribution is 5.23. The molecule has 1 saturated heterocycles. The van der Waals surface area contributed by atoms with E-state index in [0.29, 0.717) is 0 Å². The first-order valence-electron chi connectivity index (χ1n) is 4.95. The first-order chi connectivity index (χ1) is 7.98. The number of hydrogen-bond acceptors (Lipinski definition) is 7. The molecule has 0 unspecified atom stereocenters. The maximum atomic E-state index is 11.5. The van der Waals surface area contributed by atoms with Crippen molar-refractivity contribution in [3.63, 3.8) is 0 Å². The van der Waals surface area contributed by atoms with E-state index in [-0.39, 0.29) is 12.4 Å². The maximum Gasteiger partial charge on any atom is 0.351 e. The Labute approximate surface area is 95.9 Å². The average Bonchev–Trinajstić information content (AvgIpc) is 2.58. The van der Waals surface area contributed by atoms with Crippen molar-refractivity contribution in [1.82, 2.24) is 9.55 Å². The van der Waals surface area contributed by atoms with Gasteiger partial charge < -0.3 is 25.8 Å². The van der Waals surface area contributed by atoms with Crippen molar-refractivity contribution in [2.45, 2.75) is 17.9 Å². The summed E-state index contributed by atoms with van der Waals surface area (Å²) in [5, 5.41) is 28.5. The Morgan fingerprint density at radius 2 is 2.41 bits per heavy atom. The molecule has 8 heteroatoms. The third-order valence-electron chi connectivity index (χ3n) is 2.72. The second-order valence-electron chi connectivity index (χ2n) is 3.95. The molecule has 1 aliphatic rings. The molecule has 0 amide bonds. The molecule has 0 aliphatic carbocycles. The number of aromatic nitrogens is 2. The van der Waals surface area contributed by atoms with E-state index in [9.17, 15) is 15.0 Å². The lowest BCUT2D eigenvalue weighted by atomic mass is 10.0. The average molecular weight is 243 g/mol. The molecule has 1 aromatic rings. The van der Waals surface area contributed by atoms with Crippen molar-refractivity contribution < 1.29 is 20.1 Å². The molecule has 5 N–H and O–H groups in total. The summed E-state index contributed by atoms with van der Waals surface area (Å²) >= 11 is 0. The normalized spacial score (nSPS) is 32.9. The van der Waals surface area contributed by atoms with Gasteiger partial charge in [0.25, 0.3) is 0 Å². The lowest BCUT2D eigenvalue weighted by Crippen LogP contribution is -2.47. The van der Waals surface area contributed by atoms with Crippen molar-refractivity contribution in [2.75, 3.05) is 18.9 Å². The molecule has 0 aromatic carbocycles. The third kappa shape index (κ3) is 1.91. The Morgan fingerprint density at radius 3 is 2.94 bits per heavy atom. The molecule has 0 bridgehead atoms. The molecule has 94 valence electrons. The third-order valence-corrected chi connectivity index (χ3v) is 2.72. The van der Waals surface area contributed by atoms with Gasteiger partial charge >= 0.3 is 5.69 Å². The van der Waals surface area contributed by atoms with Gasteiger partial charge in [-0.2, -0.15) is 4.98 Å². The van der Waals surface area contributed by atoms with Gasteiger partial charge in [-0.05, 0) is 6.07 Å². The summed E-state index contributed by atoms with van der Waals surface area (Å²) in [6, 6.07) is 1.37. The fourth-order valence-electron chi connectivity index (χ4n) is 1.66. The second kappa shape index (κ2) is 4.08. The number of nitrogen functional groups attached to an aromatic ring is 1. The topological polar surface area (TPSA) is 131 Å². The van der Waals surface area contributed by atoms with Crippen LogP contribution in [-0.2, 0) is 4.74 Å². The summed E-state index contributed by atoms with van der Waals surface area (Å²) in [5.74, 6) is 0.0520. The quantitative estimate of drug-likeness (QED) is 0.449. The highest BCUT2D eigenvalue weighted by Crippen LogP contribution is 2.30. The Hall–Kier alpha value is -1.48. The smallest absolute Gasteiger partial charge is 0.351 e. The van der Waals surface area contributed by atoms with Gasteiger partial charge in [-0.3, -0.25) is 4.57 Å². The van der Waals surface area contributed by atoms with Gasteiger partial charge in [0, 0.05) is 6.20 Å². The standard InChI is InChI=1S/C9H13N3O5/c10-5-1-2-12(8(15)11-5)7-6(14)9(16,3-13)4-17-7/h1-2,6-7,13-14,16H,3-4H2,(H2,10,11,15)/t6-,7+,9+/m0/s1. The monoisotopic (exact) mass is 243 g/mol. The van der Waals surface area contributed by atoms with E-state index in [1.807, 2.05) is 0 Å². The molecule has 0 saturated carbocycles. The molecule has 2 rings (SSSR count). The minimum absolute atomic E-state index is 0.0520. The van der Waals surface area contributed by atoms with Crippen molar-refractivity contribution in [1.29, 1.82) is 0 Å². The van der Waals surface area contributed by atoms with E-state index in [0.717, 1.165) is 4.57 Å². The summed E-state index contributed by atoms with van der Waals surface area (Å²) in [6.45, 7) is -0.937. The Bertz CT molecular complexity index is 476. The zero-order valence-corrected chi connectivity index (χ0v) is 8.85. The molecule has 0 radical (unpaired) electrons. The van der Waals surface area contributed by atoms with Crippen LogP contribution >= 0.6 is 0 Å². The molecule has 8 nitrogen and oxygen atoms in total. The van der Waals surface area contributed by atoms with Gasteiger partial charge in [0.2, 0.25) is 0 Å². The molecule has 1 aromatic heterocycles. The molecular weight excluding hydrogens is 230 g/mol. The number of nitrogens with zero attached hydrogens (tertiary/aromatic N) is 2. The van der Waals surface area contributed by atoms with Gasteiger partial charge in [-0.1, -0.05) is 0 Å². The maximum absolute atomic E-state index is 11.5. The SMILES string of the molecule is Nc1ccn([C@@H]2OC[C@](O)(CO)[C@H]2O)c(=O)n1. The van der Waals surface area contributed by atoms with Crippen LogP contribution in [0.5, 0.6) is 0 Å². The van der Waals surface area contributed by atoms with Crippen LogP contribution in [0.3, 0.4) is 0 Å². The predicted octanol–water partition coefficient (Wildman–Crippen LogP) is -2.56. The minimum atomic E-state index is -1.77. The number of ether oxygens (including phenoxy) is 1.